The molecule has 132 valence electrons. The second-order valence-corrected chi connectivity index (χ2v) is 6.55. The van der Waals surface area contributed by atoms with Crippen molar-refractivity contribution in [2.75, 3.05) is 11.5 Å². The highest BCUT2D eigenvalue weighted by molar-refractivity contribution is 5.62. The normalized spacial score (nSPS) is 13.9. The van der Waals surface area contributed by atoms with E-state index >= 15 is 0 Å². The third kappa shape index (κ3) is 3.94. The van der Waals surface area contributed by atoms with E-state index in [4.69, 9.17) is 11.5 Å². The van der Waals surface area contributed by atoms with Gasteiger partial charge in [-0.05, 0) is 41.7 Å². The minimum absolute atomic E-state index is 0.168. The average Bonchev–Trinajstić information content (AvgIpc) is 3.46. The average molecular weight is 347 g/mol. The molecule has 2 heterocycles. The van der Waals surface area contributed by atoms with Gasteiger partial charge in [0.15, 0.2) is 0 Å². The van der Waals surface area contributed by atoms with Crippen LogP contribution in [-0.4, -0.2) is 30.9 Å². The molecule has 3 aromatic rings. The first-order valence-electron chi connectivity index (χ1n) is 8.67. The quantitative estimate of drug-likeness (QED) is 0.704. The van der Waals surface area contributed by atoms with Gasteiger partial charge in [0.25, 0.3) is 0 Å². The van der Waals surface area contributed by atoms with Crippen LogP contribution < -0.4 is 11.5 Å². The van der Waals surface area contributed by atoms with E-state index in [-0.39, 0.29) is 11.9 Å². The van der Waals surface area contributed by atoms with E-state index in [1.165, 1.54) is 24.0 Å². The number of hydrogen-bond donors (Lipinski definition) is 2. The minimum Gasteiger partial charge on any atom is -0.368 e. The number of hydrogen-bond acceptors (Lipinski definition) is 7. The summed E-state index contributed by atoms with van der Waals surface area (Å²) in [6.45, 7) is 1.43. The molecule has 1 saturated carbocycles. The maximum absolute atomic E-state index is 5.70. The van der Waals surface area contributed by atoms with Crippen molar-refractivity contribution in [1.82, 2.24) is 24.8 Å². The molecule has 0 bridgehead atoms. The van der Waals surface area contributed by atoms with Gasteiger partial charge in [-0.15, -0.1) is 0 Å². The van der Waals surface area contributed by atoms with Crippen LogP contribution in [0.4, 0.5) is 11.9 Å². The van der Waals surface area contributed by atoms with E-state index in [1.54, 1.807) is 6.20 Å². The third-order valence-electron chi connectivity index (χ3n) is 4.43. The molecule has 7 heteroatoms. The van der Waals surface area contributed by atoms with Crippen LogP contribution in [0, 0.1) is 0 Å². The molecular weight excluding hydrogens is 326 g/mol. The van der Waals surface area contributed by atoms with Crippen molar-refractivity contribution in [3.05, 3.63) is 60.2 Å². The molecule has 0 atom stereocenters. The summed E-state index contributed by atoms with van der Waals surface area (Å²) in [7, 11) is 0. The van der Waals surface area contributed by atoms with Crippen LogP contribution in [0.3, 0.4) is 0 Å². The summed E-state index contributed by atoms with van der Waals surface area (Å²) < 4.78 is 0. The van der Waals surface area contributed by atoms with Gasteiger partial charge in [-0.2, -0.15) is 15.0 Å². The second-order valence-electron chi connectivity index (χ2n) is 6.55. The molecule has 0 aliphatic heterocycles. The lowest BCUT2D eigenvalue weighted by molar-refractivity contribution is 0.239. The number of nitrogen functional groups attached to an aromatic ring is 2. The molecule has 0 amide bonds. The highest BCUT2D eigenvalue weighted by Crippen LogP contribution is 2.30. The van der Waals surface area contributed by atoms with Gasteiger partial charge in [-0.3, -0.25) is 9.88 Å². The minimum atomic E-state index is 0.168. The van der Waals surface area contributed by atoms with E-state index in [9.17, 15) is 0 Å². The lowest BCUT2D eigenvalue weighted by Crippen LogP contribution is -2.26. The number of rotatable bonds is 6. The number of pyridine rings is 1. The Kier molecular flexibility index (Phi) is 4.45. The van der Waals surface area contributed by atoms with Crippen LogP contribution >= 0.6 is 0 Å². The molecular formula is C19H21N7. The number of aromatic nitrogens is 4. The monoisotopic (exact) mass is 347 g/mol. The molecule has 0 unspecified atom stereocenters. The Morgan fingerprint density at radius 3 is 2.38 bits per heavy atom. The highest BCUT2D eigenvalue weighted by Gasteiger charge is 2.29. The van der Waals surface area contributed by atoms with Crippen LogP contribution in [0.15, 0.2) is 48.8 Å². The molecule has 0 spiro atoms. The summed E-state index contributed by atoms with van der Waals surface area (Å²) in [5.74, 6) is 0.953. The Morgan fingerprint density at radius 2 is 1.69 bits per heavy atom. The summed E-state index contributed by atoms with van der Waals surface area (Å²) in [5.41, 5.74) is 14.9. The van der Waals surface area contributed by atoms with E-state index in [1.807, 2.05) is 12.3 Å². The van der Waals surface area contributed by atoms with Crippen molar-refractivity contribution < 1.29 is 0 Å². The van der Waals surface area contributed by atoms with Crippen molar-refractivity contribution in [1.29, 1.82) is 0 Å². The Morgan fingerprint density at radius 1 is 0.923 bits per heavy atom. The Bertz CT molecular complexity index is 873. The summed E-state index contributed by atoms with van der Waals surface area (Å²) in [6, 6.07) is 13.1. The first-order valence-corrected chi connectivity index (χ1v) is 8.67. The molecule has 1 fully saturated rings. The predicted molar refractivity (Wildman–Crippen MR) is 101 cm³/mol. The van der Waals surface area contributed by atoms with Gasteiger partial charge in [0, 0.05) is 25.0 Å². The molecule has 1 aromatic carbocycles. The predicted octanol–water partition coefficient (Wildman–Crippen LogP) is 2.26. The molecule has 2 aromatic heterocycles. The first kappa shape index (κ1) is 16.4. The lowest BCUT2D eigenvalue weighted by Gasteiger charge is -2.21. The van der Waals surface area contributed by atoms with Crippen molar-refractivity contribution in [2.45, 2.75) is 32.0 Å². The van der Waals surface area contributed by atoms with Gasteiger partial charge in [0.05, 0.1) is 6.54 Å². The summed E-state index contributed by atoms with van der Waals surface area (Å²) in [6.07, 6.45) is 6.05. The molecule has 4 rings (SSSR count). The number of nitrogens with zero attached hydrogens (tertiary/aromatic N) is 5. The van der Waals surface area contributed by atoms with E-state index in [0.717, 1.165) is 12.1 Å². The lowest BCUT2D eigenvalue weighted by atomic mass is 10.0. The third-order valence-corrected chi connectivity index (χ3v) is 4.43. The fourth-order valence-electron chi connectivity index (χ4n) is 3.08. The van der Waals surface area contributed by atoms with Gasteiger partial charge in [-0.1, -0.05) is 24.3 Å². The summed E-state index contributed by atoms with van der Waals surface area (Å²) in [4.78, 5) is 18.9. The van der Waals surface area contributed by atoms with Crippen LogP contribution in [0.1, 0.15) is 24.2 Å². The highest BCUT2D eigenvalue weighted by atomic mass is 15.2. The topological polar surface area (TPSA) is 107 Å². The van der Waals surface area contributed by atoms with Crippen molar-refractivity contribution >= 4 is 11.9 Å². The zero-order valence-corrected chi connectivity index (χ0v) is 14.4. The zero-order chi connectivity index (χ0) is 17.9. The molecule has 0 saturated heterocycles. The SMILES string of the molecule is Nc1nc(N)nc(CN(Cc2cccc(-c3cccnc3)c2)C2CC2)n1. The molecule has 0 radical (unpaired) electrons. The molecule has 1 aliphatic carbocycles. The fraction of sp³-hybridized carbons (Fsp3) is 0.263. The van der Waals surface area contributed by atoms with Gasteiger partial charge in [-0.25, -0.2) is 0 Å². The van der Waals surface area contributed by atoms with E-state index in [2.05, 4.69) is 55.2 Å². The summed E-state index contributed by atoms with van der Waals surface area (Å²) in [5, 5.41) is 0. The zero-order valence-electron chi connectivity index (χ0n) is 14.4. The first-order chi connectivity index (χ1) is 12.7. The van der Waals surface area contributed by atoms with Crippen LogP contribution in [0.5, 0.6) is 0 Å². The maximum Gasteiger partial charge on any atom is 0.225 e. The molecule has 26 heavy (non-hydrogen) atoms. The second kappa shape index (κ2) is 7.05. The van der Waals surface area contributed by atoms with Crippen LogP contribution in [0.2, 0.25) is 0 Å². The van der Waals surface area contributed by atoms with Crippen LogP contribution in [0.25, 0.3) is 11.1 Å². The molecule has 4 N–H and O–H groups in total. The fourth-order valence-corrected chi connectivity index (χ4v) is 3.08. The van der Waals surface area contributed by atoms with Crippen molar-refractivity contribution in [3.8, 4) is 11.1 Å². The number of benzene rings is 1. The van der Waals surface area contributed by atoms with E-state index in [0.29, 0.717) is 18.4 Å². The number of nitrogens with two attached hydrogens (primary N) is 2. The van der Waals surface area contributed by atoms with Crippen molar-refractivity contribution in [3.63, 3.8) is 0 Å². The van der Waals surface area contributed by atoms with Gasteiger partial charge in [0.2, 0.25) is 11.9 Å². The van der Waals surface area contributed by atoms with E-state index < -0.39 is 0 Å². The van der Waals surface area contributed by atoms with Gasteiger partial charge >= 0.3 is 0 Å². The Hall–Kier alpha value is -3.06. The maximum atomic E-state index is 5.70. The Labute approximate surface area is 152 Å². The van der Waals surface area contributed by atoms with Gasteiger partial charge < -0.3 is 11.5 Å². The Balaban J connectivity index is 1.54. The number of anilines is 2. The smallest absolute Gasteiger partial charge is 0.225 e. The van der Waals surface area contributed by atoms with Crippen LogP contribution in [-0.2, 0) is 13.1 Å². The van der Waals surface area contributed by atoms with Crippen molar-refractivity contribution in [2.24, 2.45) is 0 Å². The summed E-state index contributed by atoms with van der Waals surface area (Å²) >= 11 is 0. The molecule has 1 aliphatic rings. The standard InChI is InChI=1S/C19H21N7/c20-18-23-17(24-19(21)25-18)12-26(16-6-7-16)11-13-3-1-4-14(9-13)15-5-2-8-22-10-15/h1-5,8-10,16H,6-7,11-12H2,(H4,20,21,23,24,25). The largest absolute Gasteiger partial charge is 0.368 e. The molecule has 7 nitrogen and oxygen atoms in total. The van der Waals surface area contributed by atoms with Gasteiger partial charge in [0.1, 0.15) is 5.82 Å².